The van der Waals surface area contributed by atoms with Crippen LogP contribution < -0.4 is 5.32 Å². The highest BCUT2D eigenvalue weighted by Gasteiger charge is 2.13. The van der Waals surface area contributed by atoms with Crippen molar-refractivity contribution >= 4 is 21.8 Å². The van der Waals surface area contributed by atoms with Gasteiger partial charge in [0.05, 0.1) is 12.1 Å². The number of amides is 1. The molecular weight excluding hydrogens is 315 g/mol. The lowest BCUT2D eigenvalue weighted by molar-refractivity contribution is 0.0945. The van der Waals surface area contributed by atoms with E-state index in [9.17, 15) is 9.18 Å². The Labute approximate surface area is 118 Å². The SMILES string of the molecule is CCn1cnnc1CNC(=O)c1cc(Br)ccc1F. The molecule has 1 aromatic carbocycles. The normalized spacial score (nSPS) is 10.5. The average molecular weight is 327 g/mol. The van der Waals surface area contributed by atoms with E-state index in [1.165, 1.54) is 12.1 Å². The highest BCUT2D eigenvalue weighted by atomic mass is 79.9. The van der Waals surface area contributed by atoms with Crippen LogP contribution in [-0.4, -0.2) is 20.7 Å². The van der Waals surface area contributed by atoms with Crippen molar-refractivity contribution in [1.82, 2.24) is 20.1 Å². The molecule has 1 heterocycles. The van der Waals surface area contributed by atoms with Gasteiger partial charge in [-0.25, -0.2) is 4.39 Å². The molecule has 7 heteroatoms. The number of benzene rings is 1. The molecule has 2 rings (SSSR count). The second-order valence-corrected chi connectivity index (χ2v) is 4.76. The molecule has 1 aromatic heterocycles. The average Bonchev–Trinajstić information content (AvgIpc) is 2.86. The molecule has 0 aliphatic carbocycles. The molecule has 1 N–H and O–H groups in total. The fourth-order valence-electron chi connectivity index (χ4n) is 1.61. The van der Waals surface area contributed by atoms with Gasteiger partial charge in [0.15, 0.2) is 5.82 Å². The fourth-order valence-corrected chi connectivity index (χ4v) is 1.97. The Morgan fingerprint density at radius 2 is 2.32 bits per heavy atom. The van der Waals surface area contributed by atoms with Gasteiger partial charge in [0.2, 0.25) is 0 Å². The Bertz CT molecular complexity index is 599. The molecule has 0 aliphatic heterocycles. The molecule has 0 radical (unpaired) electrons. The number of hydrogen-bond donors (Lipinski definition) is 1. The maximum Gasteiger partial charge on any atom is 0.254 e. The van der Waals surface area contributed by atoms with Gasteiger partial charge in [-0.3, -0.25) is 4.79 Å². The molecule has 0 saturated heterocycles. The Morgan fingerprint density at radius 1 is 1.53 bits per heavy atom. The zero-order valence-corrected chi connectivity index (χ0v) is 11.8. The Hall–Kier alpha value is -1.76. The summed E-state index contributed by atoms with van der Waals surface area (Å²) in [6.45, 7) is 2.87. The highest BCUT2D eigenvalue weighted by molar-refractivity contribution is 9.10. The number of nitrogens with one attached hydrogen (secondary N) is 1. The van der Waals surface area contributed by atoms with E-state index in [4.69, 9.17) is 0 Å². The standard InChI is InChI=1S/C12H12BrFN4O/c1-2-18-7-16-17-11(18)6-15-12(19)9-5-8(13)3-4-10(9)14/h3-5,7H,2,6H2,1H3,(H,15,19). The van der Waals surface area contributed by atoms with Crippen molar-refractivity contribution in [2.45, 2.75) is 20.0 Å². The van der Waals surface area contributed by atoms with Crippen molar-refractivity contribution in [3.8, 4) is 0 Å². The van der Waals surface area contributed by atoms with Crippen LogP contribution >= 0.6 is 15.9 Å². The summed E-state index contributed by atoms with van der Waals surface area (Å²) < 4.78 is 16.0. The van der Waals surface area contributed by atoms with Crippen molar-refractivity contribution in [3.05, 3.63) is 46.2 Å². The summed E-state index contributed by atoms with van der Waals surface area (Å²) in [6.07, 6.45) is 1.58. The second kappa shape index (κ2) is 5.92. The lowest BCUT2D eigenvalue weighted by Crippen LogP contribution is -2.25. The van der Waals surface area contributed by atoms with Crippen molar-refractivity contribution in [3.63, 3.8) is 0 Å². The molecule has 100 valence electrons. The molecule has 0 saturated carbocycles. The van der Waals surface area contributed by atoms with Gasteiger partial charge in [0.1, 0.15) is 12.1 Å². The van der Waals surface area contributed by atoms with Gasteiger partial charge >= 0.3 is 0 Å². The Balaban J connectivity index is 2.07. The minimum Gasteiger partial charge on any atom is -0.345 e. The molecule has 0 atom stereocenters. The first-order valence-corrected chi connectivity index (χ1v) is 6.51. The summed E-state index contributed by atoms with van der Waals surface area (Å²) in [5.41, 5.74) is -0.00283. The van der Waals surface area contributed by atoms with Crippen molar-refractivity contribution in [1.29, 1.82) is 0 Å². The van der Waals surface area contributed by atoms with Gasteiger partial charge in [0, 0.05) is 11.0 Å². The summed E-state index contributed by atoms with van der Waals surface area (Å²) in [7, 11) is 0. The molecule has 0 unspecified atom stereocenters. The molecule has 19 heavy (non-hydrogen) atoms. The third-order valence-corrected chi connectivity index (χ3v) is 3.11. The van der Waals surface area contributed by atoms with Crippen LogP contribution in [0, 0.1) is 5.82 Å². The Kier molecular flexibility index (Phi) is 4.26. The van der Waals surface area contributed by atoms with E-state index in [1.807, 2.05) is 6.92 Å². The van der Waals surface area contributed by atoms with E-state index < -0.39 is 11.7 Å². The molecule has 0 fully saturated rings. The second-order valence-electron chi connectivity index (χ2n) is 3.84. The molecule has 0 aliphatic rings. The zero-order chi connectivity index (χ0) is 13.8. The van der Waals surface area contributed by atoms with Crippen LogP contribution in [0.3, 0.4) is 0 Å². The van der Waals surface area contributed by atoms with E-state index >= 15 is 0 Å². The number of hydrogen-bond acceptors (Lipinski definition) is 3. The van der Waals surface area contributed by atoms with E-state index in [1.54, 1.807) is 17.0 Å². The summed E-state index contributed by atoms with van der Waals surface area (Å²) >= 11 is 3.20. The quantitative estimate of drug-likeness (QED) is 0.936. The first-order valence-electron chi connectivity index (χ1n) is 5.71. The number of nitrogens with zero attached hydrogens (tertiary/aromatic N) is 3. The summed E-state index contributed by atoms with van der Waals surface area (Å²) in [5, 5.41) is 10.3. The van der Waals surface area contributed by atoms with Crippen LogP contribution in [0.25, 0.3) is 0 Å². The van der Waals surface area contributed by atoms with Gasteiger partial charge in [-0.15, -0.1) is 10.2 Å². The van der Waals surface area contributed by atoms with Gasteiger partial charge in [-0.1, -0.05) is 15.9 Å². The third-order valence-electron chi connectivity index (χ3n) is 2.62. The predicted octanol–water partition coefficient (Wildman–Crippen LogP) is 2.13. The number of aryl methyl sites for hydroxylation is 1. The predicted molar refractivity (Wildman–Crippen MR) is 71.0 cm³/mol. The van der Waals surface area contributed by atoms with Crippen LogP contribution in [0.4, 0.5) is 4.39 Å². The van der Waals surface area contributed by atoms with E-state index in [2.05, 4.69) is 31.4 Å². The molecule has 2 aromatic rings. The van der Waals surface area contributed by atoms with E-state index in [0.29, 0.717) is 16.8 Å². The van der Waals surface area contributed by atoms with Crippen LogP contribution in [0.2, 0.25) is 0 Å². The topological polar surface area (TPSA) is 59.8 Å². The largest absolute Gasteiger partial charge is 0.345 e. The van der Waals surface area contributed by atoms with Crippen molar-refractivity contribution in [2.75, 3.05) is 0 Å². The lowest BCUT2D eigenvalue weighted by atomic mass is 10.2. The number of aromatic nitrogens is 3. The smallest absolute Gasteiger partial charge is 0.254 e. The maximum atomic E-state index is 13.5. The maximum absolute atomic E-state index is 13.5. The minimum atomic E-state index is -0.558. The number of rotatable bonds is 4. The van der Waals surface area contributed by atoms with Crippen molar-refractivity contribution < 1.29 is 9.18 Å². The van der Waals surface area contributed by atoms with Crippen LogP contribution in [0.5, 0.6) is 0 Å². The molecule has 5 nitrogen and oxygen atoms in total. The lowest BCUT2D eigenvalue weighted by Gasteiger charge is -2.07. The van der Waals surface area contributed by atoms with Gasteiger partial charge in [-0.05, 0) is 25.1 Å². The van der Waals surface area contributed by atoms with Gasteiger partial charge in [-0.2, -0.15) is 0 Å². The highest BCUT2D eigenvalue weighted by Crippen LogP contribution is 2.15. The summed E-state index contributed by atoms with van der Waals surface area (Å²) in [6, 6.07) is 4.22. The molecule has 0 bridgehead atoms. The molecular formula is C12H12BrFN4O. The Morgan fingerprint density at radius 3 is 3.05 bits per heavy atom. The number of carbonyl (C=O) groups is 1. The first-order chi connectivity index (χ1) is 9.11. The van der Waals surface area contributed by atoms with E-state index in [0.717, 1.165) is 0 Å². The molecule has 0 spiro atoms. The van der Waals surface area contributed by atoms with Crippen molar-refractivity contribution in [2.24, 2.45) is 0 Å². The minimum absolute atomic E-state index is 0.00283. The molecule has 1 amide bonds. The summed E-state index contributed by atoms with van der Waals surface area (Å²) in [5.74, 6) is -0.409. The van der Waals surface area contributed by atoms with Gasteiger partial charge < -0.3 is 9.88 Å². The van der Waals surface area contributed by atoms with Crippen LogP contribution in [-0.2, 0) is 13.1 Å². The first kappa shape index (κ1) is 13.7. The zero-order valence-electron chi connectivity index (χ0n) is 10.2. The number of halogens is 2. The van der Waals surface area contributed by atoms with Crippen LogP contribution in [0.1, 0.15) is 23.1 Å². The number of carbonyl (C=O) groups excluding carboxylic acids is 1. The fraction of sp³-hybridized carbons (Fsp3) is 0.250. The monoisotopic (exact) mass is 326 g/mol. The third kappa shape index (κ3) is 3.17. The van der Waals surface area contributed by atoms with Gasteiger partial charge in [0.25, 0.3) is 5.91 Å². The van der Waals surface area contributed by atoms with Crippen LogP contribution in [0.15, 0.2) is 29.0 Å². The summed E-state index contributed by atoms with van der Waals surface area (Å²) in [4.78, 5) is 11.9. The van der Waals surface area contributed by atoms with E-state index in [-0.39, 0.29) is 12.1 Å².